The first kappa shape index (κ1) is 11.8. The number of aromatic nitrogens is 2. The van der Waals surface area contributed by atoms with Gasteiger partial charge in [-0.3, -0.25) is 0 Å². The number of ether oxygens (including phenoxy) is 1. The van der Waals surface area contributed by atoms with Crippen LogP contribution in [0.1, 0.15) is 12.2 Å². The number of methoxy groups -OCH3 is 1. The molecule has 1 aliphatic rings. The molecule has 0 aliphatic carbocycles. The number of hydrogen-bond donors (Lipinski definition) is 0. The molecular weight excluding hydrogens is 224 g/mol. The second kappa shape index (κ2) is 5.56. The zero-order chi connectivity index (χ0) is 11.4. The van der Waals surface area contributed by atoms with Crippen LogP contribution in [0.2, 0.25) is 0 Å². The minimum Gasteiger partial charge on any atom is -0.377 e. The van der Waals surface area contributed by atoms with Crippen molar-refractivity contribution in [2.45, 2.75) is 13.0 Å². The Balaban J connectivity index is 1.99. The van der Waals surface area contributed by atoms with Crippen LogP contribution in [0.25, 0.3) is 0 Å². The van der Waals surface area contributed by atoms with Gasteiger partial charge < -0.3 is 14.5 Å². The number of anilines is 1. The van der Waals surface area contributed by atoms with Crippen LogP contribution in [0.5, 0.6) is 0 Å². The van der Waals surface area contributed by atoms with E-state index in [4.69, 9.17) is 4.74 Å². The van der Waals surface area contributed by atoms with Crippen molar-refractivity contribution in [3.63, 3.8) is 0 Å². The highest BCUT2D eigenvalue weighted by Gasteiger charge is 2.16. The van der Waals surface area contributed by atoms with Crippen molar-refractivity contribution in [1.82, 2.24) is 14.3 Å². The first-order valence-electron chi connectivity index (χ1n) is 5.54. The Hall–Kier alpha value is -0.720. The van der Waals surface area contributed by atoms with Crippen LogP contribution in [0.3, 0.4) is 0 Å². The Morgan fingerprint density at radius 1 is 1.31 bits per heavy atom. The van der Waals surface area contributed by atoms with Crippen molar-refractivity contribution in [2.75, 3.05) is 45.2 Å². The zero-order valence-corrected chi connectivity index (χ0v) is 10.7. The van der Waals surface area contributed by atoms with Crippen LogP contribution in [0, 0.1) is 0 Å². The lowest BCUT2D eigenvalue weighted by Gasteiger charge is -2.18. The minimum absolute atomic E-state index is 0.504. The van der Waals surface area contributed by atoms with Crippen molar-refractivity contribution in [1.29, 1.82) is 0 Å². The Labute approximate surface area is 100 Å². The van der Waals surface area contributed by atoms with E-state index < -0.39 is 0 Å². The van der Waals surface area contributed by atoms with E-state index >= 15 is 0 Å². The van der Waals surface area contributed by atoms with E-state index in [1.807, 2.05) is 0 Å². The summed E-state index contributed by atoms with van der Waals surface area (Å²) >= 11 is 1.47. The maximum absolute atomic E-state index is 5.03. The summed E-state index contributed by atoms with van der Waals surface area (Å²) in [5.74, 6) is 0.792. The lowest BCUT2D eigenvalue weighted by atomic mass is 10.4. The fraction of sp³-hybridized carbons (Fsp3) is 0.800. The second-order valence-electron chi connectivity index (χ2n) is 4.07. The smallest absolute Gasteiger partial charge is 0.205 e. The molecule has 0 atom stereocenters. The van der Waals surface area contributed by atoms with Crippen LogP contribution in [0.15, 0.2) is 0 Å². The Morgan fingerprint density at radius 3 is 3.00 bits per heavy atom. The van der Waals surface area contributed by atoms with E-state index in [2.05, 4.69) is 26.2 Å². The quantitative estimate of drug-likeness (QED) is 0.785. The van der Waals surface area contributed by atoms with Crippen LogP contribution < -0.4 is 4.90 Å². The van der Waals surface area contributed by atoms with E-state index in [0.29, 0.717) is 6.61 Å². The van der Waals surface area contributed by atoms with E-state index in [0.717, 1.165) is 30.6 Å². The molecule has 90 valence electrons. The van der Waals surface area contributed by atoms with Gasteiger partial charge in [0.25, 0.3) is 0 Å². The van der Waals surface area contributed by atoms with Gasteiger partial charge in [0.05, 0.1) is 0 Å². The molecule has 1 fully saturated rings. The average molecular weight is 242 g/mol. The fourth-order valence-electron chi connectivity index (χ4n) is 1.80. The Bertz CT molecular complexity index is 330. The summed E-state index contributed by atoms with van der Waals surface area (Å²) < 4.78 is 9.31. The van der Waals surface area contributed by atoms with Gasteiger partial charge in [-0.2, -0.15) is 4.37 Å². The first-order valence-corrected chi connectivity index (χ1v) is 6.32. The summed E-state index contributed by atoms with van der Waals surface area (Å²) in [4.78, 5) is 9.16. The molecule has 0 N–H and O–H groups in total. The van der Waals surface area contributed by atoms with Crippen LogP contribution in [-0.2, 0) is 11.3 Å². The summed E-state index contributed by atoms with van der Waals surface area (Å²) in [6, 6.07) is 0. The number of hydrogen-bond acceptors (Lipinski definition) is 6. The molecule has 0 unspecified atom stereocenters. The van der Waals surface area contributed by atoms with Gasteiger partial charge in [0.15, 0.2) is 5.82 Å². The monoisotopic (exact) mass is 242 g/mol. The average Bonchev–Trinajstić information content (AvgIpc) is 2.62. The first-order chi connectivity index (χ1) is 7.79. The van der Waals surface area contributed by atoms with Gasteiger partial charge >= 0.3 is 0 Å². The molecule has 6 heteroatoms. The van der Waals surface area contributed by atoms with Gasteiger partial charge in [-0.15, -0.1) is 0 Å². The van der Waals surface area contributed by atoms with Crippen molar-refractivity contribution < 1.29 is 4.74 Å². The SMILES string of the molecule is COCc1nsc(N2CCCN(C)CC2)n1. The fourth-order valence-corrected chi connectivity index (χ4v) is 2.52. The third kappa shape index (κ3) is 2.90. The van der Waals surface area contributed by atoms with Gasteiger partial charge in [0, 0.05) is 38.3 Å². The molecule has 0 saturated carbocycles. The summed E-state index contributed by atoms with van der Waals surface area (Å²) in [5.41, 5.74) is 0. The molecule has 1 aromatic rings. The van der Waals surface area contributed by atoms with E-state index in [-0.39, 0.29) is 0 Å². The zero-order valence-electron chi connectivity index (χ0n) is 9.85. The van der Waals surface area contributed by atoms with Crippen LogP contribution in [-0.4, -0.2) is 54.6 Å². The van der Waals surface area contributed by atoms with E-state index in [1.165, 1.54) is 24.5 Å². The molecule has 1 aliphatic heterocycles. The Kier molecular flexibility index (Phi) is 4.09. The molecule has 1 aromatic heterocycles. The molecule has 0 spiro atoms. The molecule has 0 radical (unpaired) electrons. The van der Waals surface area contributed by atoms with Crippen molar-refractivity contribution >= 4 is 16.7 Å². The number of likely N-dealkylation sites (N-methyl/N-ethyl adjacent to an activating group) is 1. The van der Waals surface area contributed by atoms with Gasteiger partial charge in [0.2, 0.25) is 5.13 Å². The summed E-state index contributed by atoms with van der Waals surface area (Å²) in [6.07, 6.45) is 1.19. The maximum atomic E-state index is 5.03. The van der Waals surface area contributed by atoms with Gasteiger partial charge in [-0.05, 0) is 20.0 Å². The summed E-state index contributed by atoms with van der Waals surface area (Å²) in [5, 5.41) is 1.03. The molecule has 0 aromatic carbocycles. The number of rotatable bonds is 3. The standard InChI is InChI=1S/C10H18N4OS/c1-13-4-3-5-14(7-6-13)10-11-9(8-15-2)12-16-10/h3-8H2,1-2H3. The Morgan fingerprint density at radius 2 is 2.19 bits per heavy atom. The number of nitrogens with zero attached hydrogens (tertiary/aromatic N) is 4. The van der Waals surface area contributed by atoms with Crippen molar-refractivity contribution in [3.05, 3.63) is 5.82 Å². The summed E-state index contributed by atoms with van der Waals surface area (Å²) in [7, 11) is 3.83. The third-order valence-corrected chi connectivity index (χ3v) is 3.54. The third-order valence-electron chi connectivity index (χ3n) is 2.72. The van der Waals surface area contributed by atoms with E-state index in [9.17, 15) is 0 Å². The largest absolute Gasteiger partial charge is 0.377 e. The lowest BCUT2D eigenvalue weighted by molar-refractivity contribution is 0.179. The van der Waals surface area contributed by atoms with E-state index in [1.54, 1.807) is 7.11 Å². The molecule has 16 heavy (non-hydrogen) atoms. The topological polar surface area (TPSA) is 41.5 Å². The van der Waals surface area contributed by atoms with Crippen LogP contribution >= 0.6 is 11.5 Å². The molecule has 0 amide bonds. The highest BCUT2D eigenvalue weighted by atomic mass is 32.1. The molecule has 2 heterocycles. The van der Waals surface area contributed by atoms with Crippen LogP contribution in [0.4, 0.5) is 5.13 Å². The highest BCUT2D eigenvalue weighted by molar-refractivity contribution is 7.09. The molecule has 5 nitrogen and oxygen atoms in total. The van der Waals surface area contributed by atoms with Crippen molar-refractivity contribution in [2.24, 2.45) is 0 Å². The maximum Gasteiger partial charge on any atom is 0.205 e. The molecule has 2 rings (SSSR count). The molecular formula is C10H18N4OS. The van der Waals surface area contributed by atoms with Gasteiger partial charge in [-0.1, -0.05) is 0 Å². The lowest BCUT2D eigenvalue weighted by Crippen LogP contribution is -2.28. The normalized spacial score (nSPS) is 18.8. The summed E-state index contributed by atoms with van der Waals surface area (Å²) in [6.45, 7) is 4.88. The predicted molar refractivity (Wildman–Crippen MR) is 64.9 cm³/mol. The predicted octanol–water partition coefficient (Wildman–Crippen LogP) is 0.826. The minimum atomic E-state index is 0.504. The second-order valence-corrected chi connectivity index (χ2v) is 4.80. The molecule has 1 saturated heterocycles. The van der Waals surface area contributed by atoms with Crippen molar-refractivity contribution in [3.8, 4) is 0 Å². The van der Waals surface area contributed by atoms with Gasteiger partial charge in [0.1, 0.15) is 6.61 Å². The van der Waals surface area contributed by atoms with Gasteiger partial charge in [-0.25, -0.2) is 4.98 Å². The highest BCUT2D eigenvalue weighted by Crippen LogP contribution is 2.19. The molecule has 0 bridgehead atoms.